The van der Waals surface area contributed by atoms with Crippen molar-refractivity contribution in [3.05, 3.63) is 75.4 Å². The van der Waals surface area contributed by atoms with E-state index < -0.39 is 0 Å². The molecule has 0 saturated carbocycles. The first-order valence-electron chi connectivity index (χ1n) is 9.97. The van der Waals surface area contributed by atoms with Gasteiger partial charge in [-0.05, 0) is 48.8 Å². The van der Waals surface area contributed by atoms with Crippen molar-refractivity contribution in [1.82, 2.24) is 24.5 Å². The Morgan fingerprint density at radius 3 is 2.87 bits per heavy atom. The van der Waals surface area contributed by atoms with Gasteiger partial charge < -0.3 is 5.73 Å². The summed E-state index contributed by atoms with van der Waals surface area (Å²) in [6.07, 6.45) is 8.01. The standard InChI is InChI=1S/C22H23N7O/c1-13-7-19(23)26-11-17(13)15-9-16-12-28(6-4-18(16)25-10-15)22-14(2)8-20-24-5-3-21(30)29(20)27-22/h3,5,7-11,22,27H,4,6,12H2,1-2H3,(H2,23,26). The number of nitrogens with one attached hydrogen (secondary N) is 1. The minimum absolute atomic E-state index is 0.0730. The predicted molar refractivity (Wildman–Crippen MR) is 116 cm³/mol. The molecule has 5 rings (SSSR count). The average molecular weight is 401 g/mol. The van der Waals surface area contributed by atoms with E-state index in [0.717, 1.165) is 47.5 Å². The van der Waals surface area contributed by atoms with E-state index in [1.165, 1.54) is 16.3 Å². The first kappa shape index (κ1) is 18.5. The van der Waals surface area contributed by atoms with Gasteiger partial charge in [0.25, 0.3) is 5.56 Å². The van der Waals surface area contributed by atoms with E-state index in [4.69, 9.17) is 10.7 Å². The molecule has 3 aromatic heterocycles. The number of hydrogen-bond donors (Lipinski definition) is 2. The van der Waals surface area contributed by atoms with Gasteiger partial charge in [-0.3, -0.25) is 20.1 Å². The molecule has 3 N–H and O–H groups in total. The number of nitrogens with two attached hydrogens (primary N) is 1. The van der Waals surface area contributed by atoms with Crippen LogP contribution in [0.5, 0.6) is 0 Å². The van der Waals surface area contributed by atoms with E-state index in [0.29, 0.717) is 11.6 Å². The molecule has 0 fully saturated rings. The topological polar surface area (TPSA) is 102 Å². The van der Waals surface area contributed by atoms with Gasteiger partial charge in [0.2, 0.25) is 0 Å². The third-order valence-electron chi connectivity index (χ3n) is 5.79. The highest BCUT2D eigenvalue weighted by molar-refractivity contribution is 5.67. The summed E-state index contributed by atoms with van der Waals surface area (Å²) in [6.45, 7) is 5.69. The van der Waals surface area contributed by atoms with Crippen molar-refractivity contribution >= 4 is 11.9 Å². The summed E-state index contributed by atoms with van der Waals surface area (Å²) in [4.78, 5) is 27.8. The highest BCUT2D eigenvalue weighted by atomic mass is 16.1. The number of aromatic nitrogens is 4. The van der Waals surface area contributed by atoms with E-state index in [1.54, 1.807) is 12.4 Å². The number of aryl methyl sites for hydroxylation is 1. The number of fused-ring (bicyclic) bond motifs is 2. The normalized spacial score (nSPS) is 18.2. The van der Waals surface area contributed by atoms with Gasteiger partial charge in [-0.1, -0.05) is 0 Å². The van der Waals surface area contributed by atoms with Gasteiger partial charge >= 0.3 is 0 Å². The molecule has 2 aliphatic rings. The second-order valence-corrected chi connectivity index (χ2v) is 7.87. The van der Waals surface area contributed by atoms with Crippen molar-refractivity contribution in [2.75, 3.05) is 17.7 Å². The van der Waals surface area contributed by atoms with Crippen molar-refractivity contribution < 1.29 is 0 Å². The van der Waals surface area contributed by atoms with Gasteiger partial charge in [0, 0.05) is 61.0 Å². The zero-order valence-corrected chi connectivity index (χ0v) is 17.0. The molecule has 1 atom stereocenters. The van der Waals surface area contributed by atoms with Crippen molar-refractivity contribution in [3.8, 4) is 11.1 Å². The lowest BCUT2D eigenvalue weighted by molar-refractivity contribution is 0.205. The van der Waals surface area contributed by atoms with Crippen LogP contribution in [-0.4, -0.2) is 37.2 Å². The Morgan fingerprint density at radius 2 is 2.03 bits per heavy atom. The molecular weight excluding hydrogens is 378 g/mol. The van der Waals surface area contributed by atoms with Crippen LogP contribution in [0.3, 0.4) is 0 Å². The fraction of sp³-hybridized carbons (Fsp3) is 0.273. The number of rotatable bonds is 2. The first-order valence-corrected chi connectivity index (χ1v) is 9.97. The third-order valence-corrected chi connectivity index (χ3v) is 5.79. The highest BCUT2D eigenvalue weighted by Gasteiger charge is 2.28. The summed E-state index contributed by atoms with van der Waals surface area (Å²) in [5, 5.41) is 0. The summed E-state index contributed by atoms with van der Waals surface area (Å²) in [6, 6.07) is 5.54. The molecule has 8 heteroatoms. The molecule has 0 amide bonds. The quantitative estimate of drug-likeness (QED) is 0.676. The maximum absolute atomic E-state index is 12.2. The van der Waals surface area contributed by atoms with E-state index in [9.17, 15) is 4.79 Å². The molecule has 0 saturated heterocycles. The lowest BCUT2D eigenvalue weighted by Crippen LogP contribution is -2.51. The van der Waals surface area contributed by atoms with Gasteiger partial charge in [-0.15, -0.1) is 0 Å². The Morgan fingerprint density at radius 1 is 1.17 bits per heavy atom. The molecule has 30 heavy (non-hydrogen) atoms. The molecule has 2 aliphatic heterocycles. The highest BCUT2D eigenvalue weighted by Crippen LogP contribution is 2.29. The summed E-state index contributed by atoms with van der Waals surface area (Å²) in [7, 11) is 0. The van der Waals surface area contributed by atoms with Gasteiger partial charge in [0.1, 0.15) is 12.0 Å². The van der Waals surface area contributed by atoms with Crippen LogP contribution >= 0.6 is 0 Å². The van der Waals surface area contributed by atoms with E-state index in [2.05, 4.69) is 33.3 Å². The Balaban J connectivity index is 1.45. The first-order chi connectivity index (χ1) is 14.5. The monoisotopic (exact) mass is 401 g/mol. The largest absolute Gasteiger partial charge is 0.384 e. The Bertz CT molecular complexity index is 1230. The van der Waals surface area contributed by atoms with Crippen LogP contribution in [-0.2, 0) is 13.0 Å². The zero-order chi connectivity index (χ0) is 20.8. The SMILES string of the molecule is CC1=Cc2nccc(=O)n2NC1N1CCc2ncc(-c3cnc(N)cc3C)cc2C1. The number of pyridine rings is 2. The molecule has 0 aliphatic carbocycles. The second-order valence-electron chi connectivity index (χ2n) is 7.87. The summed E-state index contributed by atoms with van der Waals surface area (Å²) < 4.78 is 1.52. The fourth-order valence-electron chi connectivity index (χ4n) is 4.23. The third kappa shape index (κ3) is 3.15. The van der Waals surface area contributed by atoms with E-state index >= 15 is 0 Å². The van der Waals surface area contributed by atoms with Crippen molar-refractivity contribution in [2.45, 2.75) is 33.0 Å². The van der Waals surface area contributed by atoms with Crippen molar-refractivity contribution in [3.63, 3.8) is 0 Å². The number of hydrogen-bond acceptors (Lipinski definition) is 7. The number of nitrogen functional groups attached to an aromatic ring is 1. The van der Waals surface area contributed by atoms with Crippen LogP contribution in [0, 0.1) is 6.92 Å². The van der Waals surface area contributed by atoms with Crippen LogP contribution in [0.4, 0.5) is 5.82 Å². The van der Waals surface area contributed by atoms with Crippen LogP contribution in [0.2, 0.25) is 0 Å². The Hall–Kier alpha value is -3.52. The molecule has 0 aromatic carbocycles. The molecular formula is C22H23N7O. The smallest absolute Gasteiger partial charge is 0.272 e. The average Bonchev–Trinajstić information content (AvgIpc) is 2.73. The van der Waals surface area contributed by atoms with Crippen LogP contribution in [0.1, 0.15) is 29.6 Å². The minimum Gasteiger partial charge on any atom is -0.384 e. The molecule has 0 bridgehead atoms. The molecule has 152 valence electrons. The maximum atomic E-state index is 12.2. The van der Waals surface area contributed by atoms with Gasteiger partial charge in [-0.25, -0.2) is 14.6 Å². The number of anilines is 1. The van der Waals surface area contributed by atoms with Crippen LogP contribution in [0.25, 0.3) is 17.2 Å². The van der Waals surface area contributed by atoms with Gasteiger partial charge in [0.15, 0.2) is 5.82 Å². The Labute approximate surface area is 174 Å². The molecule has 0 radical (unpaired) electrons. The molecule has 3 aromatic rings. The molecule has 1 unspecified atom stereocenters. The Kier molecular flexibility index (Phi) is 4.36. The summed E-state index contributed by atoms with van der Waals surface area (Å²) >= 11 is 0. The minimum atomic E-state index is -0.110. The molecule has 5 heterocycles. The fourth-order valence-corrected chi connectivity index (χ4v) is 4.23. The van der Waals surface area contributed by atoms with Gasteiger partial charge in [-0.2, -0.15) is 0 Å². The molecule has 0 spiro atoms. The second kappa shape index (κ2) is 7.07. The zero-order valence-electron chi connectivity index (χ0n) is 17.0. The van der Waals surface area contributed by atoms with Crippen LogP contribution < -0.4 is 16.7 Å². The number of nitrogens with zero attached hydrogens (tertiary/aromatic N) is 5. The van der Waals surface area contributed by atoms with Crippen LogP contribution in [0.15, 0.2) is 47.2 Å². The molecule has 8 nitrogen and oxygen atoms in total. The summed E-state index contributed by atoms with van der Waals surface area (Å²) in [5.41, 5.74) is 15.6. The lowest BCUT2D eigenvalue weighted by atomic mass is 9.98. The lowest BCUT2D eigenvalue weighted by Gasteiger charge is -2.38. The summed E-state index contributed by atoms with van der Waals surface area (Å²) in [5.74, 6) is 1.15. The van der Waals surface area contributed by atoms with Crippen molar-refractivity contribution in [2.24, 2.45) is 0 Å². The van der Waals surface area contributed by atoms with Crippen molar-refractivity contribution in [1.29, 1.82) is 0 Å². The van der Waals surface area contributed by atoms with E-state index in [-0.39, 0.29) is 11.7 Å². The van der Waals surface area contributed by atoms with E-state index in [1.807, 2.05) is 25.3 Å². The predicted octanol–water partition coefficient (Wildman–Crippen LogP) is 1.94. The maximum Gasteiger partial charge on any atom is 0.272 e. The van der Waals surface area contributed by atoms with Gasteiger partial charge in [0.05, 0.1) is 0 Å².